The van der Waals surface area contributed by atoms with Crippen molar-refractivity contribution < 1.29 is 14.3 Å². The molecule has 2 aliphatic heterocycles. The van der Waals surface area contributed by atoms with Gasteiger partial charge in [-0.05, 0) is 86.2 Å². The molecule has 2 aromatic rings. The van der Waals surface area contributed by atoms with Gasteiger partial charge in [0.2, 0.25) is 0 Å². The molecule has 0 aromatic heterocycles. The fourth-order valence-corrected chi connectivity index (χ4v) is 6.94. The number of hydrogen-bond acceptors (Lipinski definition) is 3. The maximum atomic E-state index is 14.2. The van der Waals surface area contributed by atoms with Crippen LogP contribution in [-0.2, 0) is 11.2 Å². The Kier molecular flexibility index (Phi) is 8.93. The molecule has 3 aliphatic rings. The predicted octanol–water partition coefficient (Wildman–Crippen LogP) is 6.22. The summed E-state index contributed by atoms with van der Waals surface area (Å²) in [7, 11) is 0. The Hall–Kier alpha value is -2.24. The Balaban J connectivity index is 1.17. The largest absolute Gasteiger partial charge is 0.480 e. The number of aryl methyl sites for hydroxylation is 1. The van der Waals surface area contributed by atoms with Gasteiger partial charge in [0, 0.05) is 25.6 Å². The zero-order chi connectivity index (χ0) is 25.6. The molecule has 0 spiro atoms. The van der Waals surface area contributed by atoms with Crippen LogP contribution in [0.3, 0.4) is 0 Å². The number of halogens is 1. The third-order valence-electron chi connectivity index (χ3n) is 9.37. The minimum atomic E-state index is -0.693. The van der Waals surface area contributed by atoms with Crippen molar-refractivity contribution >= 4 is 5.97 Å². The van der Waals surface area contributed by atoms with Gasteiger partial charge < -0.3 is 10.0 Å². The molecule has 1 saturated carbocycles. The van der Waals surface area contributed by atoms with Crippen LogP contribution in [0.1, 0.15) is 68.4 Å². The van der Waals surface area contributed by atoms with Crippen molar-refractivity contribution in [3.63, 3.8) is 0 Å². The molecule has 2 aromatic carbocycles. The van der Waals surface area contributed by atoms with Crippen molar-refractivity contribution in [1.82, 2.24) is 9.80 Å². The molecule has 1 aliphatic carbocycles. The van der Waals surface area contributed by atoms with Crippen LogP contribution in [0.2, 0.25) is 0 Å². The number of rotatable bonds is 11. The van der Waals surface area contributed by atoms with E-state index >= 15 is 0 Å². The van der Waals surface area contributed by atoms with Gasteiger partial charge in [0.25, 0.3) is 0 Å². The third kappa shape index (κ3) is 7.00. The van der Waals surface area contributed by atoms with E-state index in [0.717, 1.165) is 56.9 Å². The van der Waals surface area contributed by atoms with Gasteiger partial charge in [-0.2, -0.15) is 0 Å². The highest BCUT2D eigenvalue weighted by Gasteiger charge is 2.41. The highest BCUT2D eigenvalue weighted by atomic mass is 19.1. The standard InChI is InChI=1S/C32H43FN2O2/c33-29-14-6-13-27(20-29)30-23-35(31(32(36)37)19-26-11-5-12-26)22-28(30)21-34-17-15-25(16-18-34)10-4-9-24-7-2-1-3-8-24/h1-3,6-8,13-14,20,25-26,28,30-31H,4-5,9-12,15-19,21-23H2,(H,36,37)/t28?,30?,31-/m1/s1. The van der Waals surface area contributed by atoms with E-state index in [4.69, 9.17) is 0 Å². The van der Waals surface area contributed by atoms with Gasteiger partial charge >= 0.3 is 5.97 Å². The lowest BCUT2D eigenvalue weighted by Crippen LogP contribution is -2.43. The summed E-state index contributed by atoms with van der Waals surface area (Å²) in [5.41, 5.74) is 2.46. The van der Waals surface area contributed by atoms with Gasteiger partial charge in [-0.3, -0.25) is 9.69 Å². The van der Waals surface area contributed by atoms with Crippen LogP contribution >= 0.6 is 0 Å². The molecule has 3 fully saturated rings. The number of aliphatic carboxylic acids is 1. The molecule has 5 heteroatoms. The second-order valence-corrected chi connectivity index (χ2v) is 11.9. The Labute approximate surface area is 221 Å². The molecule has 3 atom stereocenters. The fraction of sp³-hybridized carbons (Fsp3) is 0.594. The van der Waals surface area contributed by atoms with E-state index in [0.29, 0.717) is 18.4 Å². The van der Waals surface area contributed by atoms with Crippen LogP contribution in [0.15, 0.2) is 54.6 Å². The van der Waals surface area contributed by atoms with Crippen LogP contribution in [0.4, 0.5) is 4.39 Å². The predicted molar refractivity (Wildman–Crippen MR) is 146 cm³/mol. The molecule has 37 heavy (non-hydrogen) atoms. The smallest absolute Gasteiger partial charge is 0.320 e. The van der Waals surface area contributed by atoms with Crippen molar-refractivity contribution in [3.05, 3.63) is 71.5 Å². The number of carbonyl (C=O) groups is 1. The quantitative estimate of drug-likeness (QED) is 0.393. The molecule has 2 saturated heterocycles. The average Bonchev–Trinajstić information content (AvgIpc) is 3.28. The normalized spacial score (nSPS) is 24.7. The minimum Gasteiger partial charge on any atom is -0.480 e. The summed E-state index contributed by atoms with van der Waals surface area (Å²) in [6.07, 6.45) is 10.5. The highest BCUT2D eigenvalue weighted by molar-refractivity contribution is 5.73. The van der Waals surface area contributed by atoms with E-state index in [2.05, 4.69) is 40.1 Å². The van der Waals surface area contributed by atoms with Crippen LogP contribution in [0.5, 0.6) is 0 Å². The van der Waals surface area contributed by atoms with E-state index in [1.165, 1.54) is 50.2 Å². The van der Waals surface area contributed by atoms with Gasteiger partial charge in [-0.1, -0.05) is 68.1 Å². The molecule has 2 heterocycles. The number of carboxylic acid groups (broad SMARTS) is 1. The Morgan fingerprint density at radius 2 is 1.76 bits per heavy atom. The van der Waals surface area contributed by atoms with Crippen LogP contribution in [-0.4, -0.2) is 59.6 Å². The molecule has 0 amide bonds. The molecule has 2 unspecified atom stereocenters. The number of likely N-dealkylation sites (tertiary alicyclic amines) is 2. The summed E-state index contributed by atoms with van der Waals surface area (Å²) < 4.78 is 14.2. The van der Waals surface area contributed by atoms with Crippen molar-refractivity contribution in [2.45, 2.75) is 69.7 Å². The lowest BCUT2D eigenvalue weighted by Gasteiger charge is -2.35. The van der Waals surface area contributed by atoms with Gasteiger partial charge in [0.1, 0.15) is 11.9 Å². The summed E-state index contributed by atoms with van der Waals surface area (Å²) in [5, 5.41) is 10.1. The Morgan fingerprint density at radius 3 is 2.43 bits per heavy atom. The SMILES string of the molecule is O=C(O)[C@@H](CC1CCC1)N1CC(CN2CCC(CCCc3ccccc3)CC2)C(c2cccc(F)c2)C1. The molecule has 4 nitrogen and oxygen atoms in total. The maximum absolute atomic E-state index is 14.2. The molecule has 0 bridgehead atoms. The second-order valence-electron chi connectivity index (χ2n) is 11.9. The van der Waals surface area contributed by atoms with Crippen LogP contribution in [0, 0.1) is 23.6 Å². The minimum absolute atomic E-state index is 0.183. The van der Waals surface area contributed by atoms with Crippen molar-refractivity contribution in [3.8, 4) is 0 Å². The molecule has 200 valence electrons. The van der Waals surface area contributed by atoms with Crippen molar-refractivity contribution in [2.75, 3.05) is 32.7 Å². The van der Waals surface area contributed by atoms with E-state index in [1.54, 1.807) is 12.1 Å². The Bertz CT molecular complexity index is 1000. The van der Waals surface area contributed by atoms with Crippen molar-refractivity contribution in [2.24, 2.45) is 17.8 Å². The van der Waals surface area contributed by atoms with Crippen molar-refractivity contribution in [1.29, 1.82) is 0 Å². The van der Waals surface area contributed by atoms with Gasteiger partial charge in [-0.15, -0.1) is 0 Å². The topological polar surface area (TPSA) is 43.8 Å². The zero-order valence-electron chi connectivity index (χ0n) is 22.1. The van der Waals surface area contributed by atoms with E-state index in [1.807, 2.05) is 6.07 Å². The lowest BCUT2D eigenvalue weighted by atomic mass is 9.80. The fourth-order valence-electron chi connectivity index (χ4n) is 6.94. The van der Waals surface area contributed by atoms with E-state index in [9.17, 15) is 14.3 Å². The summed E-state index contributed by atoms with van der Waals surface area (Å²) in [4.78, 5) is 17.1. The van der Waals surface area contributed by atoms with Crippen LogP contribution in [0.25, 0.3) is 0 Å². The number of piperidine rings is 1. The summed E-state index contributed by atoms with van der Waals surface area (Å²) in [6, 6.07) is 17.4. The summed E-state index contributed by atoms with van der Waals surface area (Å²) >= 11 is 0. The summed E-state index contributed by atoms with van der Waals surface area (Å²) in [6.45, 7) is 4.72. The van der Waals surface area contributed by atoms with Gasteiger partial charge in [-0.25, -0.2) is 4.39 Å². The van der Waals surface area contributed by atoms with E-state index < -0.39 is 12.0 Å². The molecule has 0 radical (unpaired) electrons. The maximum Gasteiger partial charge on any atom is 0.320 e. The number of carboxylic acids is 1. The first-order chi connectivity index (χ1) is 18.0. The average molecular weight is 507 g/mol. The molecule has 1 N–H and O–H groups in total. The molecular weight excluding hydrogens is 463 g/mol. The number of nitrogens with zero attached hydrogens (tertiary/aromatic N) is 2. The first-order valence-corrected chi connectivity index (χ1v) is 14.5. The highest BCUT2D eigenvalue weighted by Crippen LogP contribution is 2.38. The second kappa shape index (κ2) is 12.5. The van der Waals surface area contributed by atoms with E-state index in [-0.39, 0.29) is 11.7 Å². The molecular formula is C32H43FN2O2. The number of benzene rings is 2. The molecule has 5 rings (SSSR count). The Morgan fingerprint density at radius 1 is 0.973 bits per heavy atom. The monoisotopic (exact) mass is 506 g/mol. The first kappa shape index (κ1) is 26.4. The summed E-state index contributed by atoms with van der Waals surface area (Å²) in [5.74, 6) is 0.978. The third-order valence-corrected chi connectivity index (χ3v) is 9.37. The van der Waals surface area contributed by atoms with Crippen LogP contribution < -0.4 is 0 Å². The van der Waals surface area contributed by atoms with Gasteiger partial charge in [0.15, 0.2) is 0 Å². The first-order valence-electron chi connectivity index (χ1n) is 14.5. The number of hydrogen-bond donors (Lipinski definition) is 1. The lowest BCUT2D eigenvalue weighted by molar-refractivity contribution is -0.144. The zero-order valence-corrected chi connectivity index (χ0v) is 22.1. The van der Waals surface area contributed by atoms with Gasteiger partial charge in [0.05, 0.1) is 0 Å².